The first-order valence-electron chi connectivity index (χ1n) is 6.43. The minimum absolute atomic E-state index is 0.0622. The molecule has 0 unspecified atom stereocenters. The van der Waals surface area contributed by atoms with E-state index in [1.54, 1.807) is 24.3 Å². The van der Waals surface area contributed by atoms with Crippen LogP contribution in [-0.4, -0.2) is 23.4 Å². The molecule has 2 rings (SSSR count). The Morgan fingerprint density at radius 3 is 2.24 bits per heavy atom. The highest BCUT2D eigenvalue weighted by Gasteiger charge is 2.34. The van der Waals surface area contributed by atoms with Crippen LogP contribution in [-0.2, 0) is 11.8 Å². The maximum atomic E-state index is 13.8. The van der Waals surface area contributed by atoms with Crippen LogP contribution in [0.25, 0.3) is 0 Å². The summed E-state index contributed by atoms with van der Waals surface area (Å²) in [7, 11) is 0. The van der Waals surface area contributed by atoms with Gasteiger partial charge in [0.2, 0.25) is 0 Å². The maximum Gasteiger partial charge on any atom is 0.162 e. The lowest BCUT2D eigenvalue weighted by atomic mass is 9.76. The molecule has 0 fully saturated rings. The molecule has 0 heterocycles. The molecule has 0 aliphatic heterocycles. The number of hydrogen-bond donors (Lipinski definition) is 2. The molecule has 2 N–H and O–H groups in total. The fourth-order valence-electron chi connectivity index (χ4n) is 2.37. The molecule has 0 radical (unpaired) electrons. The zero-order valence-electron chi connectivity index (χ0n) is 11.2. The second-order valence-corrected chi connectivity index (χ2v) is 5.37. The molecule has 0 amide bonds. The standard InChI is InChI=1S/C16H15ClF2O2/c17-13-6-2-1-5-12(13)16(9-20,10-21)8-11-4-3-7-14(18)15(11)19/h1-7,20-21H,8-10H2. The lowest BCUT2D eigenvalue weighted by Crippen LogP contribution is -2.38. The van der Waals surface area contributed by atoms with Gasteiger partial charge in [0.1, 0.15) is 0 Å². The molecule has 5 heteroatoms. The Morgan fingerprint density at radius 1 is 0.952 bits per heavy atom. The zero-order valence-corrected chi connectivity index (χ0v) is 11.9. The van der Waals surface area contributed by atoms with Crippen molar-refractivity contribution in [3.63, 3.8) is 0 Å². The van der Waals surface area contributed by atoms with Crippen molar-refractivity contribution in [1.29, 1.82) is 0 Å². The topological polar surface area (TPSA) is 40.5 Å². The summed E-state index contributed by atoms with van der Waals surface area (Å²) in [6.45, 7) is -0.883. The van der Waals surface area contributed by atoms with Gasteiger partial charge in [0.05, 0.1) is 13.2 Å². The van der Waals surface area contributed by atoms with Crippen molar-refractivity contribution in [2.75, 3.05) is 13.2 Å². The molecule has 2 aromatic rings. The second kappa shape index (κ2) is 6.52. The fourth-order valence-corrected chi connectivity index (χ4v) is 2.70. The highest BCUT2D eigenvalue weighted by molar-refractivity contribution is 6.31. The maximum absolute atomic E-state index is 13.8. The third-order valence-electron chi connectivity index (χ3n) is 3.61. The third kappa shape index (κ3) is 3.07. The third-order valence-corrected chi connectivity index (χ3v) is 3.94. The lowest BCUT2D eigenvalue weighted by Gasteiger charge is -2.31. The van der Waals surface area contributed by atoms with Crippen molar-refractivity contribution in [1.82, 2.24) is 0 Å². The zero-order chi connectivity index (χ0) is 15.5. The molecule has 0 saturated carbocycles. The van der Waals surface area contributed by atoms with Gasteiger partial charge in [-0.25, -0.2) is 8.78 Å². The van der Waals surface area contributed by atoms with Gasteiger partial charge >= 0.3 is 0 Å². The largest absolute Gasteiger partial charge is 0.395 e. The molecule has 112 valence electrons. The Hall–Kier alpha value is -1.49. The van der Waals surface area contributed by atoms with E-state index in [1.165, 1.54) is 12.1 Å². The minimum Gasteiger partial charge on any atom is -0.395 e. The van der Waals surface area contributed by atoms with Crippen molar-refractivity contribution in [3.05, 3.63) is 70.2 Å². The predicted molar refractivity (Wildman–Crippen MR) is 77.4 cm³/mol. The smallest absolute Gasteiger partial charge is 0.162 e. The lowest BCUT2D eigenvalue weighted by molar-refractivity contribution is 0.115. The summed E-state index contributed by atoms with van der Waals surface area (Å²) in [5.41, 5.74) is -0.592. The van der Waals surface area contributed by atoms with Crippen molar-refractivity contribution in [3.8, 4) is 0 Å². The highest BCUT2D eigenvalue weighted by Crippen LogP contribution is 2.34. The van der Waals surface area contributed by atoms with Gasteiger partial charge in [0.25, 0.3) is 0 Å². The van der Waals surface area contributed by atoms with Crippen LogP contribution in [0.5, 0.6) is 0 Å². The number of benzene rings is 2. The number of rotatable bonds is 5. The quantitative estimate of drug-likeness (QED) is 0.891. The van der Waals surface area contributed by atoms with E-state index in [1.807, 2.05) is 0 Å². The first-order chi connectivity index (χ1) is 10.0. The molecule has 0 atom stereocenters. The Labute approximate surface area is 126 Å². The number of aliphatic hydroxyl groups excluding tert-OH is 2. The van der Waals surface area contributed by atoms with Gasteiger partial charge in [0.15, 0.2) is 11.6 Å². The van der Waals surface area contributed by atoms with Gasteiger partial charge in [-0.1, -0.05) is 41.9 Å². The Bertz CT molecular complexity index is 627. The fraction of sp³-hybridized carbons (Fsp3) is 0.250. The van der Waals surface area contributed by atoms with Crippen LogP contribution in [0.3, 0.4) is 0 Å². The number of halogens is 3. The molecule has 0 aromatic heterocycles. The van der Waals surface area contributed by atoms with Crippen molar-refractivity contribution in [2.45, 2.75) is 11.8 Å². The summed E-state index contributed by atoms with van der Waals surface area (Å²) in [5.74, 6) is -1.94. The van der Waals surface area contributed by atoms with Gasteiger partial charge in [-0.3, -0.25) is 0 Å². The molecular formula is C16H15ClF2O2. The highest BCUT2D eigenvalue weighted by atomic mass is 35.5. The summed E-state index contributed by atoms with van der Waals surface area (Å²) in [5, 5.41) is 19.8. The Balaban J connectivity index is 2.49. The van der Waals surface area contributed by atoms with Crippen LogP contribution >= 0.6 is 11.6 Å². The van der Waals surface area contributed by atoms with Crippen LogP contribution < -0.4 is 0 Å². The molecule has 0 saturated heterocycles. The molecule has 21 heavy (non-hydrogen) atoms. The average molecular weight is 313 g/mol. The van der Waals surface area contributed by atoms with Crippen molar-refractivity contribution in [2.24, 2.45) is 0 Å². The summed E-state index contributed by atoms with van der Waals surface area (Å²) < 4.78 is 27.2. The Kier molecular flexibility index (Phi) is 4.93. The van der Waals surface area contributed by atoms with Crippen LogP contribution in [0, 0.1) is 11.6 Å². The van der Waals surface area contributed by atoms with E-state index >= 15 is 0 Å². The Morgan fingerprint density at radius 2 is 1.62 bits per heavy atom. The van der Waals surface area contributed by atoms with E-state index in [9.17, 15) is 19.0 Å². The predicted octanol–water partition coefficient (Wildman–Crippen LogP) is 3.08. The van der Waals surface area contributed by atoms with Crippen LogP contribution in [0.1, 0.15) is 11.1 Å². The molecule has 0 spiro atoms. The van der Waals surface area contributed by atoms with E-state index in [4.69, 9.17) is 11.6 Å². The number of hydrogen-bond acceptors (Lipinski definition) is 2. The summed E-state index contributed by atoms with van der Waals surface area (Å²) in [4.78, 5) is 0. The summed E-state index contributed by atoms with van der Waals surface area (Å²) in [6.07, 6.45) is -0.0622. The first kappa shape index (κ1) is 15.9. The van der Waals surface area contributed by atoms with E-state index in [0.717, 1.165) is 6.07 Å². The summed E-state index contributed by atoms with van der Waals surface area (Å²) in [6, 6.07) is 10.5. The molecule has 0 aliphatic rings. The van der Waals surface area contributed by atoms with E-state index in [0.29, 0.717) is 10.6 Å². The van der Waals surface area contributed by atoms with Gasteiger partial charge in [-0.2, -0.15) is 0 Å². The molecular weight excluding hydrogens is 298 g/mol. The molecule has 0 aliphatic carbocycles. The second-order valence-electron chi connectivity index (χ2n) is 4.97. The van der Waals surface area contributed by atoms with E-state index < -0.39 is 30.3 Å². The molecule has 2 nitrogen and oxygen atoms in total. The molecule has 2 aromatic carbocycles. The van der Waals surface area contributed by atoms with Gasteiger partial charge in [-0.05, 0) is 29.7 Å². The monoisotopic (exact) mass is 312 g/mol. The first-order valence-corrected chi connectivity index (χ1v) is 6.81. The number of aliphatic hydroxyl groups is 2. The summed E-state index contributed by atoms with van der Waals surface area (Å²) >= 11 is 6.11. The average Bonchev–Trinajstić information content (AvgIpc) is 2.50. The van der Waals surface area contributed by atoms with Crippen molar-refractivity contribution < 1.29 is 19.0 Å². The van der Waals surface area contributed by atoms with Crippen molar-refractivity contribution >= 4 is 11.6 Å². The van der Waals surface area contributed by atoms with Gasteiger partial charge < -0.3 is 10.2 Å². The van der Waals surface area contributed by atoms with Crippen LogP contribution in [0.15, 0.2) is 42.5 Å². The SMILES string of the molecule is OCC(CO)(Cc1cccc(F)c1F)c1ccccc1Cl. The normalized spacial score (nSPS) is 11.7. The van der Waals surface area contributed by atoms with E-state index in [-0.39, 0.29) is 12.0 Å². The minimum atomic E-state index is -1.17. The van der Waals surface area contributed by atoms with Crippen LogP contribution in [0.2, 0.25) is 5.02 Å². The van der Waals surface area contributed by atoms with E-state index in [2.05, 4.69) is 0 Å². The van der Waals surface area contributed by atoms with Gasteiger partial charge in [-0.15, -0.1) is 0 Å². The van der Waals surface area contributed by atoms with Crippen LogP contribution in [0.4, 0.5) is 8.78 Å². The molecule has 0 bridgehead atoms. The van der Waals surface area contributed by atoms with Gasteiger partial charge in [0, 0.05) is 10.4 Å².